The molecule has 38 heavy (non-hydrogen) atoms. The molecule has 0 aliphatic carbocycles. The summed E-state index contributed by atoms with van der Waals surface area (Å²) in [5, 5.41) is 20.7. The topological polar surface area (TPSA) is 147 Å². The Hall–Kier alpha value is -5.04. The highest BCUT2D eigenvalue weighted by atomic mass is 16.6. The highest BCUT2D eigenvalue weighted by Gasteiger charge is 2.32. The van der Waals surface area contributed by atoms with Gasteiger partial charge in [-0.15, -0.1) is 0 Å². The summed E-state index contributed by atoms with van der Waals surface area (Å²) in [6.45, 7) is 4.61. The van der Waals surface area contributed by atoms with Crippen LogP contribution < -0.4 is 24.7 Å². The van der Waals surface area contributed by atoms with Crippen molar-refractivity contribution in [1.29, 1.82) is 5.26 Å². The van der Waals surface area contributed by atoms with E-state index in [-0.39, 0.29) is 28.5 Å². The molecule has 1 aliphatic rings. The molecule has 10 heteroatoms. The number of benzene rings is 3. The van der Waals surface area contributed by atoms with E-state index in [9.17, 15) is 20.2 Å². The first-order valence-electron chi connectivity index (χ1n) is 11.7. The smallest absolute Gasteiger partial charge is 0.343 e. The molecule has 1 heterocycles. The second kappa shape index (κ2) is 10.9. The number of allylic oxidation sites excluding steroid dienone is 1. The molecule has 10 nitrogen and oxygen atoms in total. The van der Waals surface area contributed by atoms with E-state index in [1.165, 1.54) is 30.3 Å². The molecule has 3 aromatic rings. The Kier molecular flexibility index (Phi) is 7.48. The highest BCUT2D eigenvalue weighted by molar-refractivity contribution is 5.91. The Labute approximate surface area is 219 Å². The second-order valence-corrected chi connectivity index (χ2v) is 8.93. The van der Waals surface area contributed by atoms with Crippen LogP contribution in [0.1, 0.15) is 41.3 Å². The maximum Gasteiger partial charge on any atom is 0.343 e. The first kappa shape index (κ1) is 26.0. The zero-order chi connectivity index (χ0) is 27.4. The Morgan fingerprint density at radius 3 is 2.50 bits per heavy atom. The molecule has 0 fully saturated rings. The first-order chi connectivity index (χ1) is 18.2. The third kappa shape index (κ3) is 5.37. The highest BCUT2D eigenvalue weighted by Crippen LogP contribution is 2.45. The summed E-state index contributed by atoms with van der Waals surface area (Å²) in [6.07, 6.45) is 0. The van der Waals surface area contributed by atoms with Gasteiger partial charge in [0, 0.05) is 23.8 Å². The Morgan fingerprint density at radius 2 is 1.87 bits per heavy atom. The fraction of sp³-hybridized carbons (Fsp3) is 0.214. The van der Waals surface area contributed by atoms with Gasteiger partial charge in [0.2, 0.25) is 5.88 Å². The molecule has 0 bridgehead atoms. The lowest BCUT2D eigenvalue weighted by molar-refractivity contribution is -0.384. The quantitative estimate of drug-likeness (QED) is 0.188. The maximum atomic E-state index is 12.6. The minimum absolute atomic E-state index is 0.0667. The Bertz CT molecular complexity index is 1460. The van der Waals surface area contributed by atoms with Gasteiger partial charge in [-0.3, -0.25) is 10.1 Å². The van der Waals surface area contributed by atoms with Gasteiger partial charge in [-0.1, -0.05) is 26.0 Å². The molecule has 0 aromatic heterocycles. The van der Waals surface area contributed by atoms with E-state index in [1.807, 2.05) is 19.9 Å². The van der Waals surface area contributed by atoms with Crippen LogP contribution in [0.4, 0.5) is 5.69 Å². The van der Waals surface area contributed by atoms with Gasteiger partial charge in [0.25, 0.3) is 5.69 Å². The number of nitrogens with two attached hydrogens (primary N) is 1. The number of rotatable bonds is 8. The third-order valence-electron chi connectivity index (χ3n) is 5.81. The van der Waals surface area contributed by atoms with Crippen LogP contribution in [0.3, 0.4) is 0 Å². The number of non-ortho nitro benzene ring substituents is 1. The molecule has 0 spiro atoms. The van der Waals surface area contributed by atoms with E-state index in [2.05, 4.69) is 6.07 Å². The SMILES string of the molecule is COc1cc(C2C(C#N)=C(N)Oc3cc(OC(=O)c4ccc([N+](=O)[O-])cc4)ccc32)ccc1OCC(C)C. The lowest BCUT2D eigenvalue weighted by atomic mass is 9.83. The number of hydrogen-bond acceptors (Lipinski definition) is 9. The third-order valence-corrected chi connectivity index (χ3v) is 5.81. The number of esters is 1. The van der Waals surface area contributed by atoms with Crippen molar-refractivity contribution in [2.75, 3.05) is 13.7 Å². The minimum atomic E-state index is -0.699. The van der Waals surface area contributed by atoms with Crippen LogP contribution in [-0.4, -0.2) is 24.6 Å². The molecule has 1 atom stereocenters. The minimum Gasteiger partial charge on any atom is -0.493 e. The molecule has 0 saturated heterocycles. The Morgan fingerprint density at radius 1 is 1.13 bits per heavy atom. The number of nitro benzene ring substituents is 1. The van der Waals surface area contributed by atoms with Gasteiger partial charge in [-0.05, 0) is 41.8 Å². The summed E-state index contributed by atoms with van der Waals surface area (Å²) >= 11 is 0. The number of carbonyl (C=O) groups excluding carboxylic acids is 1. The molecule has 1 unspecified atom stereocenters. The summed E-state index contributed by atoms with van der Waals surface area (Å²) in [5.74, 6) is 0.600. The maximum absolute atomic E-state index is 12.6. The fourth-order valence-corrected chi connectivity index (χ4v) is 3.97. The van der Waals surface area contributed by atoms with Gasteiger partial charge in [0.15, 0.2) is 11.5 Å². The van der Waals surface area contributed by atoms with Crippen LogP contribution in [0.15, 0.2) is 72.1 Å². The summed E-state index contributed by atoms with van der Waals surface area (Å²) in [6, 6.07) is 17.4. The molecule has 2 N–H and O–H groups in total. The largest absolute Gasteiger partial charge is 0.493 e. The summed E-state index contributed by atoms with van der Waals surface area (Å²) in [4.78, 5) is 22.9. The number of carbonyl (C=O) groups is 1. The zero-order valence-corrected chi connectivity index (χ0v) is 21.0. The first-order valence-corrected chi connectivity index (χ1v) is 11.7. The van der Waals surface area contributed by atoms with Crippen molar-refractivity contribution in [3.8, 4) is 29.1 Å². The lowest BCUT2D eigenvalue weighted by Crippen LogP contribution is -2.21. The van der Waals surface area contributed by atoms with Gasteiger partial charge >= 0.3 is 5.97 Å². The second-order valence-electron chi connectivity index (χ2n) is 8.93. The molecule has 0 radical (unpaired) electrons. The fourth-order valence-electron chi connectivity index (χ4n) is 3.97. The number of ether oxygens (including phenoxy) is 4. The van der Waals surface area contributed by atoms with Crippen LogP contribution in [0, 0.1) is 27.4 Å². The van der Waals surface area contributed by atoms with Crippen molar-refractivity contribution >= 4 is 11.7 Å². The number of hydrogen-bond donors (Lipinski definition) is 1. The van der Waals surface area contributed by atoms with E-state index in [4.69, 9.17) is 24.7 Å². The normalized spacial score (nSPS) is 14.2. The standard InChI is InChI=1S/C28H25N3O7/c1-16(2)15-36-23-11-6-18(12-25(23)35-3)26-21-10-9-20(13-24(21)38-27(30)22(26)14-29)37-28(32)17-4-7-19(8-5-17)31(33)34/h4-13,16,26H,15,30H2,1-3H3. The van der Waals surface area contributed by atoms with Crippen LogP contribution in [0.2, 0.25) is 0 Å². The van der Waals surface area contributed by atoms with Crippen molar-refractivity contribution in [2.45, 2.75) is 19.8 Å². The van der Waals surface area contributed by atoms with Crippen molar-refractivity contribution in [2.24, 2.45) is 11.7 Å². The molecule has 1 aliphatic heterocycles. The summed E-state index contributed by atoms with van der Waals surface area (Å²) in [5.41, 5.74) is 7.72. The molecule has 3 aromatic carbocycles. The molecular formula is C28H25N3O7. The number of nitrogens with zero attached hydrogens (tertiary/aromatic N) is 2. The lowest BCUT2D eigenvalue weighted by Gasteiger charge is -2.27. The van der Waals surface area contributed by atoms with Gasteiger partial charge < -0.3 is 24.7 Å². The van der Waals surface area contributed by atoms with Crippen LogP contribution in [0.25, 0.3) is 0 Å². The summed E-state index contributed by atoms with van der Waals surface area (Å²) in [7, 11) is 1.54. The number of fused-ring (bicyclic) bond motifs is 1. The Balaban J connectivity index is 1.64. The number of nitro groups is 1. The zero-order valence-electron chi connectivity index (χ0n) is 21.0. The average molecular weight is 516 g/mol. The number of nitriles is 1. The molecule has 4 rings (SSSR count). The predicted octanol–water partition coefficient (Wildman–Crippen LogP) is 5.08. The van der Waals surface area contributed by atoms with Gasteiger partial charge in [0.1, 0.15) is 23.1 Å². The molecule has 194 valence electrons. The monoisotopic (exact) mass is 515 g/mol. The van der Waals surface area contributed by atoms with Crippen molar-refractivity contribution in [3.05, 3.63) is 98.9 Å². The van der Waals surface area contributed by atoms with Crippen molar-refractivity contribution in [1.82, 2.24) is 0 Å². The van der Waals surface area contributed by atoms with E-state index in [0.29, 0.717) is 35.3 Å². The van der Waals surface area contributed by atoms with Crippen LogP contribution >= 0.6 is 0 Å². The summed E-state index contributed by atoms with van der Waals surface area (Å²) < 4.78 is 22.5. The number of methoxy groups -OCH3 is 1. The molecular weight excluding hydrogens is 490 g/mol. The molecule has 0 amide bonds. The van der Waals surface area contributed by atoms with E-state index in [1.54, 1.807) is 31.4 Å². The van der Waals surface area contributed by atoms with Gasteiger partial charge in [-0.2, -0.15) is 5.26 Å². The molecule has 0 saturated carbocycles. The van der Waals surface area contributed by atoms with Crippen LogP contribution in [-0.2, 0) is 0 Å². The average Bonchev–Trinajstić information content (AvgIpc) is 2.90. The van der Waals surface area contributed by atoms with E-state index in [0.717, 1.165) is 5.56 Å². The van der Waals surface area contributed by atoms with Crippen molar-refractivity contribution in [3.63, 3.8) is 0 Å². The predicted molar refractivity (Wildman–Crippen MR) is 137 cm³/mol. The van der Waals surface area contributed by atoms with Gasteiger partial charge in [-0.25, -0.2) is 4.79 Å². The van der Waals surface area contributed by atoms with E-state index < -0.39 is 16.8 Å². The van der Waals surface area contributed by atoms with Gasteiger partial charge in [0.05, 0.1) is 30.1 Å². The van der Waals surface area contributed by atoms with Crippen molar-refractivity contribution < 1.29 is 28.7 Å². The van der Waals surface area contributed by atoms with E-state index >= 15 is 0 Å². The van der Waals surface area contributed by atoms with Crippen LogP contribution in [0.5, 0.6) is 23.0 Å².